The fourth-order valence-electron chi connectivity index (χ4n) is 4.15. The van der Waals surface area contributed by atoms with Crippen LogP contribution in [-0.4, -0.2) is 30.4 Å². The van der Waals surface area contributed by atoms with Crippen molar-refractivity contribution in [1.29, 1.82) is 0 Å². The number of esters is 1. The SMILES string of the molecule is CCOC(=O)C1=C(C)N=c2s/c(=C\c3cc(Cl)cc(Br)c3OCC)c(=O)n2[C@@H]1c1ccc(OCC)cc1. The summed E-state index contributed by atoms with van der Waals surface area (Å²) in [5, 5.41) is 0.502. The summed E-state index contributed by atoms with van der Waals surface area (Å²) in [7, 11) is 0. The molecule has 0 aliphatic carbocycles. The van der Waals surface area contributed by atoms with Crippen LogP contribution in [0.15, 0.2) is 61.9 Å². The molecule has 37 heavy (non-hydrogen) atoms. The molecule has 0 bridgehead atoms. The maximum absolute atomic E-state index is 13.8. The lowest BCUT2D eigenvalue weighted by Crippen LogP contribution is -2.39. The van der Waals surface area contributed by atoms with Crippen LogP contribution in [0.3, 0.4) is 0 Å². The van der Waals surface area contributed by atoms with E-state index in [1.807, 2.05) is 38.1 Å². The lowest BCUT2D eigenvalue weighted by atomic mass is 9.96. The number of carbonyl (C=O) groups is 1. The second kappa shape index (κ2) is 11.7. The first kappa shape index (κ1) is 27.2. The number of benzene rings is 2. The van der Waals surface area contributed by atoms with Gasteiger partial charge in [-0.1, -0.05) is 35.1 Å². The molecule has 194 valence electrons. The highest BCUT2D eigenvalue weighted by atomic mass is 79.9. The zero-order chi connectivity index (χ0) is 26.7. The summed E-state index contributed by atoms with van der Waals surface area (Å²) < 4.78 is 19.4. The third kappa shape index (κ3) is 5.54. The number of carbonyl (C=O) groups excluding carboxylic acids is 1. The Hall–Kier alpha value is -2.88. The van der Waals surface area contributed by atoms with E-state index in [0.29, 0.717) is 60.4 Å². The third-order valence-corrected chi connectivity index (χ3v) is 7.43. The van der Waals surface area contributed by atoms with Gasteiger partial charge >= 0.3 is 5.97 Å². The quantitative estimate of drug-likeness (QED) is 0.337. The molecule has 1 aromatic heterocycles. The van der Waals surface area contributed by atoms with E-state index < -0.39 is 12.0 Å². The largest absolute Gasteiger partial charge is 0.494 e. The number of rotatable bonds is 8. The molecule has 10 heteroatoms. The average molecular weight is 606 g/mol. The Labute approximate surface area is 231 Å². The summed E-state index contributed by atoms with van der Waals surface area (Å²) in [4.78, 5) is 32.0. The maximum atomic E-state index is 13.8. The highest BCUT2D eigenvalue weighted by Gasteiger charge is 2.33. The lowest BCUT2D eigenvalue weighted by molar-refractivity contribution is -0.139. The van der Waals surface area contributed by atoms with Crippen molar-refractivity contribution in [2.45, 2.75) is 33.7 Å². The van der Waals surface area contributed by atoms with E-state index >= 15 is 0 Å². The van der Waals surface area contributed by atoms with Crippen LogP contribution in [-0.2, 0) is 9.53 Å². The maximum Gasteiger partial charge on any atom is 0.338 e. The van der Waals surface area contributed by atoms with Crippen LogP contribution in [0.1, 0.15) is 44.9 Å². The van der Waals surface area contributed by atoms with E-state index in [0.717, 1.165) is 5.56 Å². The number of halogens is 2. The number of ether oxygens (including phenoxy) is 3. The fourth-order valence-corrected chi connectivity index (χ4v) is 6.13. The van der Waals surface area contributed by atoms with Crippen LogP contribution in [0.4, 0.5) is 0 Å². The van der Waals surface area contributed by atoms with Crippen LogP contribution < -0.4 is 24.4 Å². The minimum absolute atomic E-state index is 0.208. The molecule has 0 fully saturated rings. The van der Waals surface area contributed by atoms with E-state index in [4.69, 9.17) is 25.8 Å². The predicted molar refractivity (Wildman–Crippen MR) is 148 cm³/mol. The summed E-state index contributed by atoms with van der Waals surface area (Å²) >= 11 is 11.0. The van der Waals surface area contributed by atoms with Gasteiger partial charge < -0.3 is 14.2 Å². The summed E-state index contributed by atoms with van der Waals surface area (Å²) in [6.07, 6.45) is 1.74. The molecule has 3 aromatic rings. The Bertz CT molecular complexity index is 1540. The number of aromatic nitrogens is 1. The van der Waals surface area contributed by atoms with Crippen molar-refractivity contribution in [2.24, 2.45) is 4.99 Å². The summed E-state index contributed by atoms with van der Waals surface area (Å²) in [5.74, 6) is 0.783. The van der Waals surface area contributed by atoms with Crippen molar-refractivity contribution < 1.29 is 19.0 Å². The Morgan fingerprint density at radius 3 is 2.49 bits per heavy atom. The molecule has 0 spiro atoms. The summed E-state index contributed by atoms with van der Waals surface area (Å²) in [6.45, 7) is 8.48. The Morgan fingerprint density at radius 1 is 1.14 bits per heavy atom. The molecule has 0 saturated heterocycles. The number of thiazole rings is 1. The first-order valence-corrected chi connectivity index (χ1v) is 13.8. The van der Waals surface area contributed by atoms with Crippen LogP contribution in [0.2, 0.25) is 5.02 Å². The highest BCUT2D eigenvalue weighted by molar-refractivity contribution is 9.10. The van der Waals surface area contributed by atoms with E-state index in [1.54, 1.807) is 36.6 Å². The van der Waals surface area contributed by atoms with Crippen molar-refractivity contribution in [3.05, 3.63) is 88.0 Å². The molecule has 0 unspecified atom stereocenters. The van der Waals surface area contributed by atoms with Crippen molar-refractivity contribution in [1.82, 2.24) is 4.57 Å². The van der Waals surface area contributed by atoms with Gasteiger partial charge in [0.1, 0.15) is 11.5 Å². The van der Waals surface area contributed by atoms with E-state index in [-0.39, 0.29) is 12.2 Å². The van der Waals surface area contributed by atoms with Gasteiger partial charge in [0.15, 0.2) is 4.80 Å². The standard InChI is InChI=1S/C27H26BrClN2O5S/c1-5-34-19-10-8-16(9-11-19)23-22(26(33)36-7-3)15(4)30-27-31(23)25(32)21(37-27)13-17-12-18(29)14-20(28)24(17)35-6-2/h8-14,23H,5-7H2,1-4H3/b21-13-/t23-/m1/s1. The smallest absolute Gasteiger partial charge is 0.338 e. The van der Waals surface area contributed by atoms with Crippen molar-refractivity contribution in [2.75, 3.05) is 19.8 Å². The Morgan fingerprint density at radius 2 is 1.84 bits per heavy atom. The van der Waals surface area contributed by atoms with E-state index in [9.17, 15) is 9.59 Å². The van der Waals surface area contributed by atoms with Gasteiger partial charge in [-0.3, -0.25) is 9.36 Å². The molecular weight excluding hydrogens is 580 g/mol. The molecule has 0 amide bonds. The van der Waals surface area contributed by atoms with E-state index in [2.05, 4.69) is 20.9 Å². The average Bonchev–Trinajstić information content (AvgIpc) is 3.15. The number of nitrogens with zero attached hydrogens (tertiary/aromatic N) is 2. The predicted octanol–water partition coefficient (Wildman–Crippen LogP) is 5.01. The van der Waals surface area contributed by atoms with Crippen molar-refractivity contribution in [3.63, 3.8) is 0 Å². The minimum Gasteiger partial charge on any atom is -0.494 e. The monoisotopic (exact) mass is 604 g/mol. The molecule has 1 aliphatic heterocycles. The van der Waals surface area contributed by atoms with Gasteiger partial charge in [-0.2, -0.15) is 0 Å². The van der Waals surface area contributed by atoms with Gasteiger partial charge in [-0.25, -0.2) is 9.79 Å². The molecule has 1 atom stereocenters. The van der Waals surface area contributed by atoms with Crippen LogP contribution in [0.25, 0.3) is 6.08 Å². The molecule has 2 heterocycles. The van der Waals surface area contributed by atoms with Gasteiger partial charge in [-0.05, 0) is 79.5 Å². The number of hydrogen-bond acceptors (Lipinski definition) is 7. The molecule has 1 aliphatic rings. The molecular formula is C27H26BrClN2O5S. The number of hydrogen-bond donors (Lipinski definition) is 0. The topological polar surface area (TPSA) is 79.1 Å². The van der Waals surface area contributed by atoms with Gasteiger partial charge in [0.25, 0.3) is 5.56 Å². The summed E-state index contributed by atoms with van der Waals surface area (Å²) in [6, 6.07) is 10.1. The second-order valence-corrected chi connectivity index (χ2v) is 10.3. The molecule has 2 aromatic carbocycles. The van der Waals surface area contributed by atoms with Crippen LogP contribution in [0.5, 0.6) is 11.5 Å². The van der Waals surface area contributed by atoms with Crippen LogP contribution >= 0.6 is 38.9 Å². The first-order chi connectivity index (χ1) is 17.8. The second-order valence-electron chi connectivity index (χ2n) is 8.04. The van der Waals surface area contributed by atoms with Gasteiger partial charge in [0, 0.05) is 10.6 Å². The minimum atomic E-state index is -0.703. The Kier molecular flexibility index (Phi) is 8.56. The van der Waals surface area contributed by atoms with Crippen LogP contribution in [0, 0.1) is 0 Å². The summed E-state index contributed by atoms with van der Waals surface area (Å²) in [5.41, 5.74) is 1.95. The molecule has 7 nitrogen and oxygen atoms in total. The fraction of sp³-hybridized carbons (Fsp3) is 0.296. The zero-order valence-electron chi connectivity index (χ0n) is 20.8. The Balaban J connectivity index is 1.94. The van der Waals surface area contributed by atoms with Gasteiger partial charge in [0.05, 0.1) is 46.1 Å². The van der Waals surface area contributed by atoms with Crippen molar-refractivity contribution >= 4 is 50.9 Å². The third-order valence-electron chi connectivity index (χ3n) is 5.64. The number of allylic oxidation sites excluding steroid dienone is 1. The highest BCUT2D eigenvalue weighted by Crippen LogP contribution is 2.34. The normalized spacial score (nSPS) is 15.3. The van der Waals surface area contributed by atoms with Gasteiger partial charge in [-0.15, -0.1) is 0 Å². The van der Waals surface area contributed by atoms with Gasteiger partial charge in [0.2, 0.25) is 0 Å². The van der Waals surface area contributed by atoms with E-state index in [1.165, 1.54) is 11.3 Å². The zero-order valence-corrected chi connectivity index (χ0v) is 24.0. The molecule has 0 radical (unpaired) electrons. The molecule has 4 rings (SSSR count). The van der Waals surface area contributed by atoms with Crippen molar-refractivity contribution in [3.8, 4) is 11.5 Å². The molecule has 0 N–H and O–H groups in total. The lowest BCUT2D eigenvalue weighted by Gasteiger charge is -2.24. The molecule has 0 saturated carbocycles. The first-order valence-electron chi connectivity index (χ1n) is 11.8. The number of fused-ring (bicyclic) bond motifs is 1.